The van der Waals surface area contributed by atoms with Gasteiger partial charge in [0.2, 0.25) is 5.91 Å². The van der Waals surface area contributed by atoms with Crippen LogP contribution in [0.4, 0.5) is 5.69 Å². The minimum atomic E-state index is 0.00854. The van der Waals surface area contributed by atoms with Crippen LogP contribution in [0, 0.1) is 6.92 Å². The van der Waals surface area contributed by atoms with E-state index in [1.54, 1.807) is 12.4 Å². The molecule has 0 aliphatic heterocycles. The fraction of sp³-hybridized carbons (Fsp3) is 0.211. The molecule has 0 atom stereocenters. The van der Waals surface area contributed by atoms with Crippen molar-refractivity contribution in [1.29, 1.82) is 0 Å². The highest BCUT2D eigenvalue weighted by atomic mass is 16.1. The zero-order valence-corrected chi connectivity index (χ0v) is 13.1. The van der Waals surface area contributed by atoms with Gasteiger partial charge in [0.25, 0.3) is 0 Å². The second-order valence-corrected chi connectivity index (χ2v) is 5.58. The van der Waals surface area contributed by atoms with Gasteiger partial charge in [0.15, 0.2) is 0 Å². The average Bonchev–Trinajstić information content (AvgIpc) is 2.57. The smallest absolute Gasteiger partial charge is 0.228 e. The van der Waals surface area contributed by atoms with Crippen molar-refractivity contribution in [2.45, 2.75) is 26.2 Å². The minimum Gasteiger partial charge on any atom is -0.326 e. The number of amides is 1. The molecule has 2 aromatic rings. The van der Waals surface area contributed by atoms with E-state index in [0.29, 0.717) is 6.42 Å². The van der Waals surface area contributed by atoms with Crippen LogP contribution in [-0.4, -0.2) is 15.9 Å². The molecule has 0 saturated carbocycles. The lowest BCUT2D eigenvalue weighted by atomic mass is 10.0. The van der Waals surface area contributed by atoms with E-state index in [1.165, 1.54) is 0 Å². The van der Waals surface area contributed by atoms with Gasteiger partial charge in [-0.25, -0.2) is 9.97 Å². The maximum Gasteiger partial charge on any atom is 0.228 e. The van der Waals surface area contributed by atoms with Gasteiger partial charge in [0.05, 0.1) is 6.42 Å². The summed E-state index contributed by atoms with van der Waals surface area (Å²) in [7, 11) is 0. The van der Waals surface area contributed by atoms with E-state index in [9.17, 15) is 4.79 Å². The molecule has 23 heavy (non-hydrogen) atoms. The molecule has 1 amide bonds. The van der Waals surface area contributed by atoms with Crippen LogP contribution in [0.3, 0.4) is 0 Å². The fourth-order valence-electron chi connectivity index (χ4n) is 2.48. The van der Waals surface area contributed by atoms with E-state index >= 15 is 0 Å². The number of rotatable bonds is 4. The van der Waals surface area contributed by atoms with Gasteiger partial charge in [0, 0.05) is 23.6 Å². The Morgan fingerprint density at radius 2 is 1.83 bits per heavy atom. The van der Waals surface area contributed by atoms with Crippen LogP contribution in [0.1, 0.15) is 25.1 Å². The van der Waals surface area contributed by atoms with Crippen LogP contribution >= 0.6 is 0 Å². The van der Waals surface area contributed by atoms with E-state index in [1.807, 2.05) is 37.3 Å². The Morgan fingerprint density at radius 3 is 2.48 bits per heavy atom. The summed E-state index contributed by atoms with van der Waals surface area (Å²) >= 11 is 0. The Kier molecular flexibility index (Phi) is 4.62. The molecule has 0 saturated heterocycles. The Balaban J connectivity index is 1.63. The third-order valence-electron chi connectivity index (χ3n) is 3.72. The van der Waals surface area contributed by atoms with Crippen LogP contribution in [0.25, 0.3) is 11.1 Å². The number of nitrogens with zero attached hydrogens (tertiary/aromatic N) is 2. The standard InChI is InChI=1S/C19H19N3O/c1-14-20-12-17(13-21-14)16-7-9-18(10-8-16)22-19(23)11-15-5-3-2-4-6-15/h3,5-10,12-13H,2,4,11H2,1H3,(H,22,23). The topological polar surface area (TPSA) is 54.9 Å². The lowest BCUT2D eigenvalue weighted by Crippen LogP contribution is -2.12. The Hall–Kier alpha value is -2.75. The number of carbonyl (C=O) groups is 1. The molecular weight excluding hydrogens is 286 g/mol. The Labute approximate surface area is 136 Å². The van der Waals surface area contributed by atoms with Crippen LogP contribution in [0.15, 0.2) is 60.5 Å². The molecule has 0 spiro atoms. The van der Waals surface area contributed by atoms with Gasteiger partial charge in [-0.15, -0.1) is 0 Å². The number of anilines is 1. The van der Waals surface area contributed by atoms with E-state index < -0.39 is 0 Å². The number of benzene rings is 1. The first-order valence-electron chi connectivity index (χ1n) is 7.75. The fourth-order valence-corrected chi connectivity index (χ4v) is 2.48. The lowest BCUT2D eigenvalue weighted by molar-refractivity contribution is -0.115. The predicted octanol–water partition coefficient (Wildman–Crippen LogP) is 4.06. The second kappa shape index (κ2) is 7.01. The van der Waals surface area contributed by atoms with E-state index in [0.717, 1.165) is 41.1 Å². The van der Waals surface area contributed by atoms with Crippen molar-refractivity contribution in [2.75, 3.05) is 5.32 Å². The van der Waals surface area contributed by atoms with Gasteiger partial charge < -0.3 is 5.32 Å². The molecule has 0 radical (unpaired) electrons. The number of nitrogens with one attached hydrogen (secondary N) is 1. The first-order valence-corrected chi connectivity index (χ1v) is 7.75. The van der Waals surface area contributed by atoms with Gasteiger partial charge >= 0.3 is 0 Å². The minimum absolute atomic E-state index is 0.00854. The Morgan fingerprint density at radius 1 is 1.09 bits per heavy atom. The van der Waals surface area contributed by atoms with E-state index in [4.69, 9.17) is 0 Å². The first kappa shape index (κ1) is 15.2. The van der Waals surface area contributed by atoms with Crippen molar-refractivity contribution in [3.63, 3.8) is 0 Å². The monoisotopic (exact) mass is 305 g/mol. The maximum atomic E-state index is 12.1. The van der Waals surface area contributed by atoms with Crippen molar-refractivity contribution in [1.82, 2.24) is 9.97 Å². The molecule has 4 heteroatoms. The summed E-state index contributed by atoms with van der Waals surface area (Å²) in [6.45, 7) is 1.86. The number of aryl methyl sites for hydroxylation is 1. The number of hydrogen-bond acceptors (Lipinski definition) is 3. The summed E-state index contributed by atoms with van der Waals surface area (Å²) in [4.78, 5) is 20.5. The molecule has 0 bridgehead atoms. The van der Waals surface area contributed by atoms with Gasteiger partial charge in [-0.1, -0.05) is 30.4 Å². The molecule has 4 nitrogen and oxygen atoms in total. The zero-order chi connectivity index (χ0) is 16.1. The third kappa shape index (κ3) is 4.13. The summed E-state index contributed by atoms with van der Waals surface area (Å²) in [6.07, 6.45) is 12.4. The molecule has 1 aliphatic carbocycles. The van der Waals surface area contributed by atoms with Crippen LogP contribution < -0.4 is 5.32 Å². The zero-order valence-electron chi connectivity index (χ0n) is 13.1. The normalized spacial score (nSPS) is 13.5. The number of allylic oxidation sites excluding steroid dienone is 3. The van der Waals surface area contributed by atoms with Crippen molar-refractivity contribution < 1.29 is 4.79 Å². The third-order valence-corrected chi connectivity index (χ3v) is 3.72. The highest BCUT2D eigenvalue weighted by molar-refractivity contribution is 5.92. The van der Waals surface area contributed by atoms with Gasteiger partial charge in [-0.2, -0.15) is 0 Å². The lowest BCUT2D eigenvalue weighted by Gasteiger charge is -2.09. The number of hydrogen-bond donors (Lipinski definition) is 1. The molecule has 116 valence electrons. The van der Waals surface area contributed by atoms with Crippen molar-refractivity contribution >= 4 is 11.6 Å². The van der Waals surface area contributed by atoms with E-state index in [-0.39, 0.29) is 5.91 Å². The molecule has 0 unspecified atom stereocenters. The average molecular weight is 305 g/mol. The molecule has 0 fully saturated rings. The molecule has 3 rings (SSSR count). The molecule has 1 N–H and O–H groups in total. The molecule has 1 heterocycles. The highest BCUT2D eigenvalue weighted by Crippen LogP contribution is 2.21. The second-order valence-electron chi connectivity index (χ2n) is 5.58. The summed E-state index contributed by atoms with van der Waals surface area (Å²) in [5, 5.41) is 2.93. The largest absolute Gasteiger partial charge is 0.326 e. The molecular formula is C19H19N3O. The predicted molar refractivity (Wildman–Crippen MR) is 91.9 cm³/mol. The van der Waals surface area contributed by atoms with E-state index in [2.05, 4.69) is 27.4 Å². The quantitative estimate of drug-likeness (QED) is 0.927. The number of aromatic nitrogens is 2. The number of carbonyl (C=O) groups excluding carboxylic acids is 1. The SMILES string of the molecule is Cc1ncc(-c2ccc(NC(=O)CC3=CCCC=C3)cc2)cn1. The van der Waals surface area contributed by atoms with Crippen LogP contribution in [0.5, 0.6) is 0 Å². The summed E-state index contributed by atoms with van der Waals surface area (Å²) < 4.78 is 0. The Bertz CT molecular complexity index is 743. The van der Waals surface area contributed by atoms with Crippen LogP contribution in [-0.2, 0) is 4.79 Å². The first-order chi connectivity index (χ1) is 11.2. The van der Waals surface area contributed by atoms with Crippen molar-refractivity contribution in [3.8, 4) is 11.1 Å². The van der Waals surface area contributed by atoms with Gasteiger partial charge in [-0.05, 0) is 43.0 Å². The summed E-state index contributed by atoms with van der Waals surface area (Å²) in [6, 6.07) is 7.73. The highest BCUT2D eigenvalue weighted by Gasteiger charge is 2.06. The summed E-state index contributed by atoms with van der Waals surface area (Å²) in [5.41, 5.74) is 3.88. The summed E-state index contributed by atoms with van der Waals surface area (Å²) in [5.74, 6) is 0.762. The molecule has 1 aromatic heterocycles. The van der Waals surface area contributed by atoms with Gasteiger partial charge in [0.1, 0.15) is 5.82 Å². The van der Waals surface area contributed by atoms with Crippen molar-refractivity contribution in [3.05, 3.63) is 66.3 Å². The molecule has 1 aromatic carbocycles. The van der Waals surface area contributed by atoms with Crippen molar-refractivity contribution in [2.24, 2.45) is 0 Å². The van der Waals surface area contributed by atoms with Crippen LogP contribution in [0.2, 0.25) is 0 Å². The molecule has 1 aliphatic rings. The van der Waals surface area contributed by atoms with Gasteiger partial charge in [-0.3, -0.25) is 4.79 Å². The maximum absolute atomic E-state index is 12.1.